The summed E-state index contributed by atoms with van der Waals surface area (Å²) in [5.41, 5.74) is 0. The zero-order chi connectivity index (χ0) is 9.86. The molecule has 0 aliphatic carbocycles. The van der Waals surface area contributed by atoms with Gasteiger partial charge in [-0.15, -0.1) is 0 Å². The van der Waals surface area contributed by atoms with E-state index >= 15 is 0 Å². The zero-order valence-corrected chi connectivity index (χ0v) is 9.03. The number of rotatable bonds is 2. The fourth-order valence-electron chi connectivity index (χ4n) is 0.667. The van der Waals surface area contributed by atoms with Crippen molar-refractivity contribution >= 4 is 0 Å². The van der Waals surface area contributed by atoms with Crippen molar-refractivity contribution in [1.29, 1.82) is 0 Å². The molecule has 0 aliphatic rings. The summed E-state index contributed by atoms with van der Waals surface area (Å²) in [4.78, 5) is 0. The molecule has 0 aromatic rings. The summed E-state index contributed by atoms with van der Waals surface area (Å²) >= 11 is 0. The molecule has 0 unspecified atom stereocenters. The lowest BCUT2D eigenvalue weighted by atomic mass is 10.3. The molecular weight excluding hydrogens is 141 g/mol. The predicted molar refractivity (Wildman–Crippen MR) is 51.8 cm³/mol. The highest BCUT2D eigenvalue weighted by Crippen LogP contribution is 1.80. The van der Waals surface area contributed by atoms with Crippen molar-refractivity contribution in [1.82, 2.24) is 5.32 Å². The minimum atomic E-state index is 0.500. The zero-order valence-electron chi connectivity index (χ0n) is 9.03. The average molecular weight is 165 g/mol. The Morgan fingerprint density at radius 3 is 1.00 bits per heavy atom. The molecule has 0 spiro atoms. The molecule has 0 aromatic heterocycles. The van der Waals surface area contributed by atoms with Crippen LogP contribution in [0.4, 0.5) is 4.39 Å². The molecule has 0 heterocycles. The molecule has 11 heavy (non-hydrogen) atoms. The smallest absolute Gasteiger partial charge is 0.0785 e. The number of hydrogen-bond acceptors (Lipinski definition) is 1. The monoisotopic (exact) mass is 165 g/mol. The Labute approximate surface area is 71.4 Å². The summed E-state index contributed by atoms with van der Waals surface area (Å²) in [6.07, 6.45) is 0. The van der Waals surface area contributed by atoms with Gasteiger partial charge in [0.15, 0.2) is 0 Å². The molecule has 0 aromatic carbocycles. The van der Waals surface area contributed by atoms with Crippen molar-refractivity contribution < 1.29 is 4.39 Å². The highest BCUT2D eigenvalue weighted by Gasteiger charge is 1.92. The van der Waals surface area contributed by atoms with E-state index in [-0.39, 0.29) is 0 Å². The van der Waals surface area contributed by atoms with Gasteiger partial charge in [0.25, 0.3) is 0 Å². The maximum Gasteiger partial charge on any atom is 0.0785 e. The molecular formula is C9H24FN. The highest BCUT2D eigenvalue weighted by molar-refractivity contribution is 4.55. The quantitative estimate of drug-likeness (QED) is 0.663. The predicted octanol–water partition coefficient (Wildman–Crippen LogP) is 3.00. The van der Waals surface area contributed by atoms with Crippen molar-refractivity contribution in [3.8, 4) is 0 Å². The first kappa shape index (κ1) is 17.1. The van der Waals surface area contributed by atoms with Crippen molar-refractivity contribution in [2.45, 2.75) is 53.6 Å². The molecule has 0 saturated carbocycles. The molecule has 0 atom stereocenters. The van der Waals surface area contributed by atoms with Crippen LogP contribution in [0.1, 0.15) is 41.5 Å². The summed E-state index contributed by atoms with van der Waals surface area (Å²) < 4.78 is 9.50. The molecule has 72 valence electrons. The topological polar surface area (TPSA) is 12.0 Å². The number of alkyl halides is 1. The second-order valence-electron chi connectivity index (χ2n) is 2.48. The van der Waals surface area contributed by atoms with Gasteiger partial charge in [-0.2, -0.15) is 0 Å². The molecule has 1 N–H and O–H groups in total. The van der Waals surface area contributed by atoms with Crippen LogP contribution in [0, 0.1) is 0 Å². The normalized spacial score (nSPS) is 8.18. The van der Waals surface area contributed by atoms with Crippen molar-refractivity contribution in [3.05, 3.63) is 0 Å². The van der Waals surface area contributed by atoms with E-state index in [9.17, 15) is 4.39 Å². The highest BCUT2D eigenvalue weighted by atomic mass is 19.1. The van der Waals surface area contributed by atoms with Crippen molar-refractivity contribution in [2.24, 2.45) is 0 Å². The Balaban J connectivity index is -0.000000138. The summed E-state index contributed by atoms with van der Waals surface area (Å²) in [5.74, 6) is 0. The Hall–Kier alpha value is -0.110. The molecule has 0 radical (unpaired) electrons. The van der Waals surface area contributed by atoms with E-state index in [1.807, 2.05) is 13.8 Å². The van der Waals surface area contributed by atoms with Gasteiger partial charge in [-0.25, -0.2) is 0 Å². The van der Waals surface area contributed by atoms with Gasteiger partial charge in [0, 0.05) is 12.1 Å². The van der Waals surface area contributed by atoms with E-state index in [4.69, 9.17) is 0 Å². The molecule has 0 amide bonds. The van der Waals surface area contributed by atoms with Crippen LogP contribution in [0.3, 0.4) is 0 Å². The van der Waals surface area contributed by atoms with Crippen LogP contribution in [-0.2, 0) is 0 Å². The summed E-state index contributed by atoms with van der Waals surface area (Å²) in [6.45, 7) is 12.6. The summed E-state index contributed by atoms with van der Waals surface area (Å²) in [6, 6.07) is 1.25. The Morgan fingerprint density at radius 1 is 0.818 bits per heavy atom. The standard InChI is InChI=1S/C6H15N.C2H6.CH3F/c1-5(2)7-6(3)4;2*1-2/h5-7H,1-4H3;1-2H3;1H3. The summed E-state index contributed by atoms with van der Waals surface area (Å²) in [5, 5.41) is 3.31. The third kappa shape index (κ3) is 40.7. The Morgan fingerprint density at radius 2 is 1.00 bits per heavy atom. The van der Waals surface area contributed by atoms with Crippen molar-refractivity contribution in [3.63, 3.8) is 0 Å². The molecule has 0 saturated heterocycles. The van der Waals surface area contributed by atoms with Crippen LogP contribution in [0.15, 0.2) is 0 Å². The minimum absolute atomic E-state index is 0.500. The SMILES string of the molecule is CC.CC(C)NC(C)C.CF. The largest absolute Gasteiger partial charge is 0.312 e. The van der Waals surface area contributed by atoms with Crippen LogP contribution in [0.25, 0.3) is 0 Å². The average Bonchev–Trinajstić information content (AvgIpc) is 1.93. The van der Waals surface area contributed by atoms with Crippen LogP contribution in [-0.4, -0.2) is 19.3 Å². The van der Waals surface area contributed by atoms with Gasteiger partial charge in [0.1, 0.15) is 0 Å². The number of nitrogens with one attached hydrogen (secondary N) is 1. The fourth-order valence-corrected chi connectivity index (χ4v) is 0.667. The lowest BCUT2D eigenvalue weighted by Gasteiger charge is -2.10. The Kier molecular flexibility index (Phi) is 25.6. The molecule has 0 aliphatic heterocycles. The van der Waals surface area contributed by atoms with Gasteiger partial charge in [0.2, 0.25) is 0 Å². The first-order valence-corrected chi connectivity index (χ1v) is 4.26. The van der Waals surface area contributed by atoms with Gasteiger partial charge < -0.3 is 5.32 Å². The number of hydrogen-bond donors (Lipinski definition) is 1. The molecule has 0 fully saturated rings. The van der Waals surface area contributed by atoms with Crippen molar-refractivity contribution in [2.75, 3.05) is 7.18 Å². The van der Waals surface area contributed by atoms with E-state index in [2.05, 4.69) is 33.0 Å². The van der Waals surface area contributed by atoms with Crippen LogP contribution in [0.5, 0.6) is 0 Å². The van der Waals surface area contributed by atoms with E-state index in [0.29, 0.717) is 19.3 Å². The minimum Gasteiger partial charge on any atom is -0.312 e. The van der Waals surface area contributed by atoms with E-state index < -0.39 is 0 Å². The molecule has 0 rings (SSSR count). The first-order valence-electron chi connectivity index (χ1n) is 4.26. The van der Waals surface area contributed by atoms with Gasteiger partial charge in [-0.3, -0.25) is 4.39 Å². The van der Waals surface area contributed by atoms with Crippen LogP contribution in [0.2, 0.25) is 0 Å². The fraction of sp³-hybridized carbons (Fsp3) is 1.00. The molecule has 0 bridgehead atoms. The lowest BCUT2D eigenvalue weighted by Crippen LogP contribution is -2.29. The third-order valence-corrected chi connectivity index (χ3v) is 0.667. The van der Waals surface area contributed by atoms with Gasteiger partial charge in [-0.1, -0.05) is 41.5 Å². The van der Waals surface area contributed by atoms with Gasteiger partial charge in [0.05, 0.1) is 7.18 Å². The maximum absolute atomic E-state index is 9.50. The Bertz CT molecular complexity index is 38.8. The van der Waals surface area contributed by atoms with Gasteiger partial charge >= 0.3 is 0 Å². The number of halogens is 1. The summed E-state index contributed by atoms with van der Waals surface area (Å²) in [7, 11) is 0.500. The molecule has 2 heteroatoms. The second-order valence-corrected chi connectivity index (χ2v) is 2.48. The molecule has 1 nitrogen and oxygen atoms in total. The van der Waals surface area contributed by atoms with Gasteiger partial charge in [-0.05, 0) is 0 Å². The van der Waals surface area contributed by atoms with Crippen LogP contribution < -0.4 is 5.32 Å². The maximum atomic E-state index is 9.50. The van der Waals surface area contributed by atoms with Crippen LogP contribution >= 0.6 is 0 Å². The van der Waals surface area contributed by atoms with E-state index in [0.717, 1.165) is 0 Å². The first-order chi connectivity index (χ1) is 5.13. The van der Waals surface area contributed by atoms with E-state index in [1.54, 1.807) is 0 Å². The third-order valence-electron chi connectivity index (χ3n) is 0.667. The van der Waals surface area contributed by atoms with E-state index in [1.165, 1.54) is 0 Å². The second kappa shape index (κ2) is 16.5. The lowest BCUT2D eigenvalue weighted by molar-refractivity contribution is 0.518.